The fourth-order valence-corrected chi connectivity index (χ4v) is 3.62. The molecule has 2 N–H and O–H groups in total. The van der Waals surface area contributed by atoms with Crippen LogP contribution in [0.25, 0.3) is 0 Å². The summed E-state index contributed by atoms with van der Waals surface area (Å²) in [4.78, 5) is 11.4. The Labute approximate surface area is 70.4 Å². The lowest BCUT2D eigenvalue weighted by Gasteiger charge is -2.18. The Morgan fingerprint density at radius 3 is 2.67 bits per heavy atom. The number of rotatable bonds is 0. The second kappa shape index (κ2) is 1.61. The van der Waals surface area contributed by atoms with Gasteiger partial charge in [0.1, 0.15) is 5.78 Å². The minimum Gasteiger partial charge on any atom is -0.390 e. The molecule has 0 aromatic heterocycles. The Morgan fingerprint density at radius 2 is 2.17 bits per heavy atom. The summed E-state index contributed by atoms with van der Waals surface area (Å²) >= 11 is 0. The molecule has 3 nitrogen and oxygen atoms in total. The number of fused-ring (bicyclic) bond motifs is 1. The van der Waals surface area contributed by atoms with E-state index in [4.69, 9.17) is 0 Å². The predicted molar refractivity (Wildman–Crippen MR) is 40.2 cm³/mol. The molecule has 0 bridgehead atoms. The van der Waals surface area contributed by atoms with Gasteiger partial charge in [0.25, 0.3) is 0 Å². The van der Waals surface area contributed by atoms with Gasteiger partial charge in [-0.05, 0) is 11.8 Å². The summed E-state index contributed by atoms with van der Waals surface area (Å²) in [6.45, 7) is 1.92. The summed E-state index contributed by atoms with van der Waals surface area (Å²) in [7, 11) is 0. The molecule has 3 rings (SSSR count). The van der Waals surface area contributed by atoms with E-state index in [-0.39, 0.29) is 29.0 Å². The third-order valence-corrected chi connectivity index (χ3v) is 4.28. The highest BCUT2D eigenvalue weighted by Gasteiger charge is 2.80. The second-order valence-corrected chi connectivity index (χ2v) is 4.64. The van der Waals surface area contributed by atoms with E-state index in [1.54, 1.807) is 0 Å². The van der Waals surface area contributed by atoms with Gasteiger partial charge in [-0.1, -0.05) is 6.92 Å². The maximum Gasteiger partial charge on any atom is 0.137 e. The molecule has 3 fully saturated rings. The van der Waals surface area contributed by atoms with Crippen LogP contribution in [0.2, 0.25) is 0 Å². The summed E-state index contributed by atoms with van der Waals surface area (Å²) < 4.78 is 0. The summed E-state index contributed by atoms with van der Waals surface area (Å²) in [5.74, 6) is 0.668. The molecule has 0 amide bonds. The van der Waals surface area contributed by atoms with Gasteiger partial charge in [0.2, 0.25) is 0 Å². The first-order chi connectivity index (χ1) is 5.58. The fourth-order valence-electron chi connectivity index (χ4n) is 3.62. The molecule has 3 saturated carbocycles. The normalized spacial score (nSPS) is 66.9. The molecule has 3 aliphatic carbocycles. The Hall–Kier alpha value is -0.410. The van der Waals surface area contributed by atoms with Gasteiger partial charge in [-0.3, -0.25) is 4.79 Å². The third kappa shape index (κ3) is 0.451. The number of hydrogen-bond donors (Lipinski definition) is 2. The molecule has 0 spiro atoms. The highest BCUT2D eigenvalue weighted by Crippen LogP contribution is 2.75. The average Bonchev–Trinajstić information content (AvgIpc) is 2.43. The monoisotopic (exact) mass is 168 g/mol. The van der Waals surface area contributed by atoms with E-state index in [0.717, 1.165) is 0 Å². The van der Waals surface area contributed by atoms with Gasteiger partial charge in [0, 0.05) is 17.8 Å². The molecule has 3 heteroatoms. The van der Waals surface area contributed by atoms with Crippen molar-refractivity contribution in [3.63, 3.8) is 0 Å². The number of ketones is 1. The maximum atomic E-state index is 11.4. The van der Waals surface area contributed by atoms with E-state index in [9.17, 15) is 15.0 Å². The molecule has 0 radical (unpaired) electrons. The zero-order valence-corrected chi connectivity index (χ0v) is 6.90. The lowest BCUT2D eigenvalue weighted by Crippen LogP contribution is -2.31. The van der Waals surface area contributed by atoms with Crippen molar-refractivity contribution in [2.45, 2.75) is 25.6 Å². The molecular weight excluding hydrogens is 156 g/mol. The van der Waals surface area contributed by atoms with Gasteiger partial charge >= 0.3 is 0 Å². The summed E-state index contributed by atoms with van der Waals surface area (Å²) in [5, 5.41) is 19.2. The van der Waals surface area contributed by atoms with Gasteiger partial charge < -0.3 is 10.2 Å². The number of carbonyl (C=O) groups excluding carboxylic acids is 1. The zero-order chi connectivity index (χ0) is 8.67. The number of hydrogen-bond acceptors (Lipinski definition) is 3. The van der Waals surface area contributed by atoms with Crippen molar-refractivity contribution in [1.29, 1.82) is 0 Å². The van der Waals surface area contributed by atoms with Crippen LogP contribution in [0.3, 0.4) is 0 Å². The first-order valence-electron chi connectivity index (χ1n) is 4.47. The number of carbonyl (C=O) groups is 1. The molecule has 6 atom stereocenters. The van der Waals surface area contributed by atoms with Crippen molar-refractivity contribution in [3.05, 3.63) is 0 Å². The molecular formula is C9H12O3. The second-order valence-electron chi connectivity index (χ2n) is 4.64. The highest BCUT2D eigenvalue weighted by atomic mass is 16.3. The molecule has 3 aliphatic rings. The minimum absolute atomic E-state index is 0.0579. The topological polar surface area (TPSA) is 57.5 Å². The standard InChI is InChI=1S/C9H12O3/c1-9-5-3(7(11)8(9)12)2-4(10)6(5)9/h3,5-8,11-12H,2H2,1H3/t3-,5-,6-,7+,8-,9+/m1/s1. The largest absolute Gasteiger partial charge is 0.390 e. The zero-order valence-electron chi connectivity index (χ0n) is 6.90. The van der Waals surface area contributed by atoms with E-state index < -0.39 is 12.2 Å². The quantitative estimate of drug-likeness (QED) is 0.515. The first kappa shape index (κ1) is 7.04. The van der Waals surface area contributed by atoms with Crippen LogP contribution in [-0.2, 0) is 4.79 Å². The van der Waals surface area contributed by atoms with E-state index in [1.807, 2.05) is 6.92 Å². The van der Waals surface area contributed by atoms with Crippen molar-refractivity contribution in [2.75, 3.05) is 0 Å². The van der Waals surface area contributed by atoms with Gasteiger partial charge in [0.05, 0.1) is 12.2 Å². The van der Waals surface area contributed by atoms with Gasteiger partial charge in [-0.25, -0.2) is 0 Å². The van der Waals surface area contributed by atoms with Crippen molar-refractivity contribution in [1.82, 2.24) is 0 Å². The molecule has 0 heterocycles. The van der Waals surface area contributed by atoms with Crippen LogP contribution in [0.5, 0.6) is 0 Å². The van der Waals surface area contributed by atoms with Crippen LogP contribution in [-0.4, -0.2) is 28.2 Å². The summed E-state index contributed by atoms with van der Waals surface area (Å²) in [6, 6.07) is 0. The molecule has 0 aromatic rings. The molecule has 0 saturated heterocycles. The van der Waals surface area contributed by atoms with Crippen molar-refractivity contribution < 1.29 is 15.0 Å². The maximum absolute atomic E-state index is 11.4. The number of aliphatic hydroxyl groups excluding tert-OH is 2. The highest BCUT2D eigenvalue weighted by molar-refractivity contribution is 5.90. The molecule has 0 unspecified atom stereocenters. The summed E-state index contributed by atoms with van der Waals surface area (Å²) in [5.41, 5.74) is -0.264. The smallest absolute Gasteiger partial charge is 0.137 e. The molecule has 12 heavy (non-hydrogen) atoms. The molecule has 66 valence electrons. The van der Waals surface area contributed by atoms with E-state index in [1.165, 1.54) is 0 Å². The third-order valence-electron chi connectivity index (χ3n) is 4.28. The predicted octanol–water partition coefficient (Wildman–Crippen LogP) is -0.437. The van der Waals surface area contributed by atoms with Crippen LogP contribution in [0, 0.1) is 23.2 Å². The van der Waals surface area contributed by atoms with Crippen molar-refractivity contribution in [2.24, 2.45) is 23.2 Å². The first-order valence-corrected chi connectivity index (χ1v) is 4.47. The van der Waals surface area contributed by atoms with Gasteiger partial charge in [0.15, 0.2) is 0 Å². The lowest BCUT2D eigenvalue weighted by molar-refractivity contribution is -0.120. The van der Waals surface area contributed by atoms with Gasteiger partial charge in [-0.2, -0.15) is 0 Å². The fraction of sp³-hybridized carbons (Fsp3) is 0.889. The summed E-state index contributed by atoms with van der Waals surface area (Å²) in [6.07, 6.45) is -0.824. The number of Topliss-reactive ketones (excluding diaryl/α,β-unsaturated/α-hetero) is 1. The minimum atomic E-state index is -0.663. The molecule has 0 aliphatic heterocycles. The average molecular weight is 168 g/mol. The van der Waals surface area contributed by atoms with Crippen LogP contribution in [0.4, 0.5) is 0 Å². The van der Waals surface area contributed by atoms with E-state index in [2.05, 4.69) is 0 Å². The van der Waals surface area contributed by atoms with Crippen LogP contribution in [0.1, 0.15) is 13.3 Å². The van der Waals surface area contributed by atoms with Crippen LogP contribution in [0.15, 0.2) is 0 Å². The molecule has 0 aromatic carbocycles. The lowest BCUT2D eigenvalue weighted by atomic mass is 9.98. The van der Waals surface area contributed by atoms with Gasteiger partial charge in [-0.15, -0.1) is 0 Å². The van der Waals surface area contributed by atoms with E-state index in [0.29, 0.717) is 6.42 Å². The van der Waals surface area contributed by atoms with E-state index >= 15 is 0 Å². The Balaban J connectivity index is 2.07. The van der Waals surface area contributed by atoms with Crippen molar-refractivity contribution >= 4 is 5.78 Å². The van der Waals surface area contributed by atoms with Crippen LogP contribution >= 0.6 is 0 Å². The Bertz CT molecular complexity index is 275. The Kier molecular flexibility index (Phi) is 0.945. The van der Waals surface area contributed by atoms with Crippen molar-refractivity contribution in [3.8, 4) is 0 Å². The SMILES string of the molecule is C[C@]12[C@@H]3[C@@H](CC(=O)[C@H]31)[C@H](O)[C@H]2O. The van der Waals surface area contributed by atoms with Crippen LogP contribution < -0.4 is 0 Å². The number of aliphatic hydroxyl groups is 2. The Morgan fingerprint density at radius 1 is 1.50 bits per heavy atom.